The third kappa shape index (κ3) is 3.71. The van der Waals surface area contributed by atoms with Crippen LogP contribution in [0.5, 0.6) is 0 Å². The number of fused-ring (bicyclic) bond motifs is 5. The lowest BCUT2D eigenvalue weighted by Gasteiger charge is -2.09. The SMILES string of the molecule is c1ccc(-c2nc(-c3ccccc3)nc(-c3ccc4c(c3)sc3c5ccccc5n(-c5ccccc5)c43)n2)cc1. The van der Waals surface area contributed by atoms with Gasteiger partial charge in [0.25, 0.3) is 0 Å². The number of hydrogen-bond acceptors (Lipinski definition) is 4. The van der Waals surface area contributed by atoms with E-state index in [-0.39, 0.29) is 0 Å². The van der Waals surface area contributed by atoms with Crippen LogP contribution in [0.4, 0.5) is 0 Å². The highest BCUT2D eigenvalue weighted by atomic mass is 32.1. The Hall–Kier alpha value is -5.13. The maximum absolute atomic E-state index is 4.94. The first-order valence-electron chi connectivity index (χ1n) is 13.2. The van der Waals surface area contributed by atoms with Crippen molar-refractivity contribution in [1.29, 1.82) is 0 Å². The fourth-order valence-corrected chi connectivity index (χ4v) is 6.65. The van der Waals surface area contributed by atoms with E-state index < -0.39 is 0 Å². The first kappa shape index (κ1) is 22.8. The van der Waals surface area contributed by atoms with Gasteiger partial charge in [-0.3, -0.25) is 0 Å². The molecule has 0 N–H and O–H groups in total. The summed E-state index contributed by atoms with van der Waals surface area (Å²) >= 11 is 1.82. The first-order valence-corrected chi connectivity index (χ1v) is 14.0. The Labute approximate surface area is 234 Å². The van der Waals surface area contributed by atoms with Crippen LogP contribution in [0.3, 0.4) is 0 Å². The number of rotatable bonds is 4. The van der Waals surface area contributed by atoms with Gasteiger partial charge in [0.2, 0.25) is 0 Å². The van der Waals surface area contributed by atoms with Crippen molar-refractivity contribution < 1.29 is 0 Å². The monoisotopic (exact) mass is 530 g/mol. The predicted octanol–water partition coefficient (Wildman–Crippen LogP) is 9.18. The van der Waals surface area contributed by atoms with Crippen molar-refractivity contribution in [2.75, 3.05) is 0 Å². The van der Waals surface area contributed by atoms with Crippen LogP contribution >= 0.6 is 11.3 Å². The van der Waals surface area contributed by atoms with E-state index >= 15 is 0 Å². The van der Waals surface area contributed by atoms with Crippen LogP contribution < -0.4 is 0 Å². The fraction of sp³-hybridized carbons (Fsp3) is 0. The molecule has 0 amide bonds. The van der Waals surface area contributed by atoms with E-state index in [2.05, 4.69) is 77.4 Å². The Morgan fingerprint density at radius 2 is 1.02 bits per heavy atom. The van der Waals surface area contributed by atoms with Crippen LogP contribution in [0, 0.1) is 0 Å². The van der Waals surface area contributed by atoms with Gasteiger partial charge < -0.3 is 4.57 Å². The molecular weight excluding hydrogens is 508 g/mol. The second-order valence-electron chi connectivity index (χ2n) is 9.72. The average Bonchev–Trinajstić information content (AvgIpc) is 3.56. The molecule has 0 bridgehead atoms. The summed E-state index contributed by atoms with van der Waals surface area (Å²) in [5, 5.41) is 2.49. The summed E-state index contributed by atoms with van der Waals surface area (Å²) in [7, 11) is 0. The van der Waals surface area contributed by atoms with Gasteiger partial charge in [-0.25, -0.2) is 15.0 Å². The third-order valence-corrected chi connectivity index (χ3v) is 8.42. The minimum Gasteiger partial charge on any atom is -0.308 e. The molecule has 0 spiro atoms. The molecule has 40 heavy (non-hydrogen) atoms. The van der Waals surface area contributed by atoms with E-state index in [0.29, 0.717) is 17.5 Å². The first-order chi connectivity index (χ1) is 19.8. The van der Waals surface area contributed by atoms with Gasteiger partial charge in [-0.05, 0) is 24.3 Å². The van der Waals surface area contributed by atoms with E-state index in [4.69, 9.17) is 15.0 Å². The van der Waals surface area contributed by atoms with Crippen molar-refractivity contribution in [1.82, 2.24) is 19.5 Å². The molecule has 0 saturated heterocycles. The van der Waals surface area contributed by atoms with Crippen LogP contribution in [0.15, 0.2) is 133 Å². The van der Waals surface area contributed by atoms with Crippen LogP contribution in [-0.2, 0) is 0 Å². The normalized spacial score (nSPS) is 11.5. The topological polar surface area (TPSA) is 43.6 Å². The van der Waals surface area contributed by atoms with E-state index in [1.165, 1.54) is 31.2 Å². The van der Waals surface area contributed by atoms with Crippen LogP contribution in [0.1, 0.15) is 0 Å². The minimum absolute atomic E-state index is 0.669. The summed E-state index contributed by atoms with van der Waals surface area (Å²) in [6, 6.07) is 46.0. The zero-order valence-corrected chi connectivity index (χ0v) is 22.2. The standard InChI is InChI=1S/C35H22N4S/c1-4-12-23(13-5-1)33-36-34(24-14-6-2-7-15-24)38-35(37-33)25-20-21-28-30(22-25)40-32-27-18-10-11-19-29(27)39(31(28)32)26-16-8-3-9-17-26/h1-22H. The minimum atomic E-state index is 0.669. The van der Waals surface area contributed by atoms with Crippen molar-refractivity contribution in [3.05, 3.63) is 133 Å². The van der Waals surface area contributed by atoms with Gasteiger partial charge >= 0.3 is 0 Å². The number of benzene rings is 5. The molecule has 8 rings (SSSR count). The summed E-state index contributed by atoms with van der Waals surface area (Å²) in [6.07, 6.45) is 0. The van der Waals surface area contributed by atoms with Crippen molar-refractivity contribution in [3.8, 4) is 39.9 Å². The molecule has 0 fully saturated rings. The molecule has 0 radical (unpaired) electrons. The second-order valence-corrected chi connectivity index (χ2v) is 10.8. The second kappa shape index (κ2) is 9.26. The number of thiophene rings is 1. The highest BCUT2D eigenvalue weighted by molar-refractivity contribution is 7.26. The molecule has 0 atom stereocenters. The van der Waals surface area contributed by atoms with Crippen molar-refractivity contribution >= 4 is 42.5 Å². The highest BCUT2D eigenvalue weighted by Crippen LogP contribution is 2.43. The third-order valence-electron chi connectivity index (χ3n) is 7.25. The molecule has 0 aliphatic rings. The van der Waals surface area contributed by atoms with Gasteiger partial charge in [-0.2, -0.15) is 0 Å². The van der Waals surface area contributed by atoms with Gasteiger partial charge in [-0.15, -0.1) is 11.3 Å². The molecular formula is C35H22N4S. The summed E-state index contributed by atoms with van der Waals surface area (Å²) < 4.78 is 4.88. The lowest BCUT2D eigenvalue weighted by molar-refractivity contribution is 1.07. The average molecular weight is 531 g/mol. The summed E-state index contributed by atoms with van der Waals surface area (Å²) in [6.45, 7) is 0. The molecule has 188 valence electrons. The Morgan fingerprint density at radius 3 is 1.68 bits per heavy atom. The van der Waals surface area contributed by atoms with Crippen molar-refractivity contribution in [2.24, 2.45) is 0 Å². The highest BCUT2D eigenvalue weighted by Gasteiger charge is 2.19. The molecule has 3 aromatic heterocycles. The smallest absolute Gasteiger partial charge is 0.164 e. The number of para-hydroxylation sites is 2. The summed E-state index contributed by atoms with van der Waals surface area (Å²) in [4.78, 5) is 14.7. The fourth-order valence-electron chi connectivity index (χ4n) is 5.39. The molecule has 5 aromatic carbocycles. The zero-order valence-electron chi connectivity index (χ0n) is 21.4. The Bertz CT molecular complexity index is 2090. The van der Waals surface area contributed by atoms with E-state index in [1.54, 1.807) is 0 Å². The molecule has 0 aliphatic carbocycles. The quantitative estimate of drug-likeness (QED) is 0.228. The zero-order chi connectivity index (χ0) is 26.5. The van der Waals surface area contributed by atoms with E-state index in [9.17, 15) is 0 Å². The summed E-state index contributed by atoms with van der Waals surface area (Å²) in [5.41, 5.74) is 6.53. The van der Waals surface area contributed by atoms with Gasteiger partial charge in [-0.1, -0.05) is 109 Å². The van der Waals surface area contributed by atoms with Gasteiger partial charge in [0.15, 0.2) is 17.5 Å². The predicted molar refractivity (Wildman–Crippen MR) is 166 cm³/mol. The largest absolute Gasteiger partial charge is 0.308 e. The van der Waals surface area contributed by atoms with Gasteiger partial charge in [0.1, 0.15) is 0 Å². The van der Waals surface area contributed by atoms with Crippen LogP contribution in [0.25, 0.3) is 71.1 Å². The Balaban J connectivity index is 1.35. The van der Waals surface area contributed by atoms with Crippen molar-refractivity contribution in [3.63, 3.8) is 0 Å². The van der Waals surface area contributed by atoms with Crippen LogP contribution in [0.2, 0.25) is 0 Å². The van der Waals surface area contributed by atoms with Crippen molar-refractivity contribution in [2.45, 2.75) is 0 Å². The molecule has 0 unspecified atom stereocenters. The van der Waals surface area contributed by atoms with Crippen LogP contribution in [-0.4, -0.2) is 19.5 Å². The molecule has 4 nitrogen and oxygen atoms in total. The Morgan fingerprint density at radius 1 is 0.475 bits per heavy atom. The number of nitrogens with zero attached hydrogens (tertiary/aromatic N) is 4. The van der Waals surface area contributed by atoms with E-state index in [1.807, 2.05) is 72.0 Å². The molecule has 0 saturated carbocycles. The molecule has 0 aliphatic heterocycles. The van der Waals surface area contributed by atoms with Gasteiger partial charge in [0.05, 0.1) is 15.7 Å². The lowest BCUT2D eigenvalue weighted by Crippen LogP contribution is -2.00. The maximum Gasteiger partial charge on any atom is 0.164 e. The maximum atomic E-state index is 4.94. The van der Waals surface area contributed by atoms with Gasteiger partial charge in [0, 0.05) is 37.9 Å². The van der Waals surface area contributed by atoms with E-state index in [0.717, 1.165) is 22.4 Å². The Kier molecular flexibility index (Phi) is 5.28. The molecule has 3 heterocycles. The molecule has 5 heteroatoms. The lowest BCUT2D eigenvalue weighted by atomic mass is 10.1. The number of aromatic nitrogens is 4. The molecule has 8 aromatic rings. The summed E-state index contributed by atoms with van der Waals surface area (Å²) in [5.74, 6) is 2.01. The number of hydrogen-bond donors (Lipinski definition) is 0.